The number of hydrogen-bond donors (Lipinski definition) is 2. The minimum absolute atomic E-state index is 0.354. The zero-order valence-electron chi connectivity index (χ0n) is 12.2. The second-order valence-electron chi connectivity index (χ2n) is 5.13. The molecule has 2 aromatic rings. The van der Waals surface area contributed by atoms with Gasteiger partial charge in [-0.2, -0.15) is 0 Å². The third-order valence-electron chi connectivity index (χ3n) is 3.32. The van der Waals surface area contributed by atoms with Gasteiger partial charge in [0.05, 0.1) is 0 Å². The molecule has 2 rings (SSSR count). The second kappa shape index (κ2) is 7.09. The van der Waals surface area contributed by atoms with Gasteiger partial charge in [-0.3, -0.25) is 9.59 Å². The molecule has 0 radical (unpaired) electrons. The molecule has 0 saturated heterocycles. The Kier molecular flexibility index (Phi) is 5.17. The number of halogens is 1. The topological polar surface area (TPSA) is 72.2 Å². The third kappa shape index (κ3) is 4.33. The molecular formula is C17H17ClN2O2. The second-order valence-corrected chi connectivity index (χ2v) is 5.56. The van der Waals surface area contributed by atoms with Gasteiger partial charge < -0.3 is 11.1 Å². The van der Waals surface area contributed by atoms with Crippen molar-refractivity contribution < 1.29 is 9.59 Å². The Hall–Kier alpha value is -2.33. The molecule has 3 N–H and O–H groups in total. The van der Waals surface area contributed by atoms with E-state index >= 15 is 0 Å². The first-order valence-corrected chi connectivity index (χ1v) is 7.25. The zero-order chi connectivity index (χ0) is 16.1. The number of nitrogens with two attached hydrogens (primary N) is 1. The Morgan fingerprint density at radius 3 is 2.23 bits per heavy atom. The van der Waals surface area contributed by atoms with Crippen LogP contribution in [0.15, 0.2) is 48.5 Å². The number of primary amides is 1. The lowest BCUT2D eigenvalue weighted by Crippen LogP contribution is -2.45. The number of carbonyl (C=O) groups excluding carboxylic acids is 2. The number of nitrogens with one attached hydrogen (secondary N) is 1. The number of amides is 2. The van der Waals surface area contributed by atoms with Gasteiger partial charge in [0.1, 0.15) is 6.04 Å². The zero-order valence-corrected chi connectivity index (χ0v) is 12.9. The monoisotopic (exact) mass is 316 g/mol. The van der Waals surface area contributed by atoms with Crippen LogP contribution in [0.3, 0.4) is 0 Å². The molecule has 0 saturated carbocycles. The summed E-state index contributed by atoms with van der Waals surface area (Å²) < 4.78 is 0. The summed E-state index contributed by atoms with van der Waals surface area (Å²) in [4.78, 5) is 23.7. The predicted molar refractivity (Wildman–Crippen MR) is 86.8 cm³/mol. The highest BCUT2D eigenvalue weighted by Gasteiger charge is 2.19. The van der Waals surface area contributed by atoms with E-state index in [0.717, 1.165) is 11.1 Å². The van der Waals surface area contributed by atoms with Gasteiger partial charge in [0.15, 0.2) is 0 Å². The first-order chi connectivity index (χ1) is 10.5. The summed E-state index contributed by atoms with van der Waals surface area (Å²) in [6.45, 7) is 1.98. The lowest BCUT2D eigenvalue weighted by Gasteiger charge is -2.16. The Labute approximate surface area is 134 Å². The van der Waals surface area contributed by atoms with Crippen LogP contribution in [0.25, 0.3) is 0 Å². The van der Waals surface area contributed by atoms with E-state index in [1.54, 1.807) is 24.3 Å². The minimum Gasteiger partial charge on any atom is -0.368 e. The van der Waals surface area contributed by atoms with Crippen LogP contribution in [-0.2, 0) is 11.2 Å². The molecule has 2 amide bonds. The first kappa shape index (κ1) is 16.0. The minimum atomic E-state index is -0.758. The SMILES string of the molecule is Cc1ccc(C[C@H](NC(=O)c2ccc(Cl)cc2)C(N)=O)cc1. The Bertz CT molecular complexity index is 666. The predicted octanol–water partition coefficient (Wildman–Crippen LogP) is 2.47. The highest BCUT2D eigenvalue weighted by atomic mass is 35.5. The summed E-state index contributed by atoms with van der Waals surface area (Å²) in [7, 11) is 0. The van der Waals surface area contributed by atoms with Crippen molar-refractivity contribution in [2.45, 2.75) is 19.4 Å². The smallest absolute Gasteiger partial charge is 0.251 e. The van der Waals surface area contributed by atoms with Crippen LogP contribution >= 0.6 is 11.6 Å². The Balaban J connectivity index is 2.08. The highest BCUT2D eigenvalue weighted by molar-refractivity contribution is 6.30. The van der Waals surface area contributed by atoms with Crippen molar-refractivity contribution in [3.8, 4) is 0 Å². The summed E-state index contributed by atoms with van der Waals surface area (Å²) in [5.41, 5.74) is 7.89. The number of carbonyl (C=O) groups is 2. The van der Waals surface area contributed by atoms with Gasteiger partial charge >= 0.3 is 0 Å². The van der Waals surface area contributed by atoms with E-state index in [9.17, 15) is 9.59 Å². The van der Waals surface area contributed by atoms with E-state index < -0.39 is 11.9 Å². The lowest BCUT2D eigenvalue weighted by atomic mass is 10.0. The van der Waals surface area contributed by atoms with Crippen molar-refractivity contribution in [3.05, 3.63) is 70.2 Å². The third-order valence-corrected chi connectivity index (χ3v) is 3.57. The lowest BCUT2D eigenvalue weighted by molar-refractivity contribution is -0.119. The molecule has 5 heteroatoms. The van der Waals surface area contributed by atoms with Crippen molar-refractivity contribution in [1.29, 1.82) is 0 Å². The van der Waals surface area contributed by atoms with Crippen molar-refractivity contribution in [2.24, 2.45) is 5.73 Å². The molecule has 2 aromatic carbocycles. The normalized spacial score (nSPS) is 11.7. The van der Waals surface area contributed by atoms with Crippen LogP contribution in [0, 0.1) is 6.92 Å². The van der Waals surface area contributed by atoms with Crippen LogP contribution in [0.1, 0.15) is 21.5 Å². The van der Waals surface area contributed by atoms with E-state index in [4.69, 9.17) is 17.3 Å². The molecule has 0 bridgehead atoms. The van der Waals surface area contributed by atoms with E-state index in [0.29, 0.717) is 17.0 Å². The largest absolute Gasteiger partial charge is 0.368 e. The summed E-state index contributed by atoms with van der Waals surface area (Å²) in [6.07, 6.45) is 0.356. The highest BCUT2D eigenvalue weighted by Crippen LogP contribution is 2.10. The van der Waals surface area contributed by atoms with E-state index in [1.165, 1.54) is 0 Å². The van der Waals surface area contributed by atoms with Gasteiger partial charge in [-0.05, 0) is 36.8 Å². The average molecular weight is 317 g/mol. The fourth-order valence-electron chi connectivity index (χ4n) is 2.03. The molecule has 22 heavy (non-hydrogen) atoms. The summed E-state index contributed by atoms with van der Waals surface area (Å²) in [6, 6.07) is 13.4. The average Bonchev–Trinajstić information content (AvgIpc) is 2.49. The maximum Gasteiger partial charge on any atom is 0.251 e. The van der Waals surface area contributed by atoms with E-state index in [2.05, 4.69) is 5.32 Å². The fraction of sp³-hybridized carbons (Fsp3) is 0.176. The molecule has 0 aliphatic heterocycles. The molecule has 114 valence electrons. The molecule has 0 fully saturated rings. The first-order valence-electron chi connectivity index (χ1n) is 6.87. The van der Waals surface area contributed by atoms with Gasteiger partial charge in [-0.25, -0.2) is 0 Å². The number of aryl methyl sites for hydroxylation is 1. The molecule has 0 spiro atoms. The molecule has 0 aliphatic rings. The van der Waals surface area contributed by atoms with Gasteiger partial charge in [-0.1, -0.05) is 41.4 Å². The standard InChI is InChI=1S/C17H17ClN2O2/c1-11-2-4-12(5-3-11)10-15(16(19)21)20-17(22)13-6-8-14(18)9-7-13/h2-9,15H,10H2,1H3,(H2,19,21)(H,20,22)/t15-/m0/s1. The van der Waals surface area contributed by atoms with Gasteiger partial charge in [0, 0.05) is 17.0 Å². The molecule has 4 nitrogen and oxygen atoms in total. The van der Waals surface area contributed by atoms with Crippen molar-refractivity contribution in [3.63, 3.8) is 0 Å². The van der Waals surface area contributed by atoms with Crippen LogP contribution in [-0.4, -0.2) is 17.9 Å². The van der Waals surface area contributed by atoms with Crippen molar-refractivity contribution in [1.82, 2.24) is 5.32 Å². The van der Waals surface area contributed by atoms with Crippen LogP contribution in [0.4, 0.5) is 0 Å². The quantitative estimate of drug-likeness (QED) is 0.889. The van der Waals surface area contributed by atoms with Crippen molar-refractivity contribution in [2.75, 3.05) is 0 Å². The van der Waals surface area contributed by atoms with Crippen LogP contribution in [0.5, 0.6) is 0 Å². The molecule has 0 heterocycles. The van der Waals surface area contributed by atoms with Crippen LogP contribution < -0.4 is 11.1 Å². The molecule has 0 aromatic heterocycles. The van der Waals surface area contributed by atoms with Gasteiger partial charge in [0.25, 0.3) is 5.91 Å². The Morgan fingerprint density at radius 1 is 1.09 bits per heavy atom. The fourth-order valence-corrected chi connectivity index (χ4v) is 2.15. The molecule has 0 aliphatic carbocycles. The molecule has 0 unspecified atom stereocenters. The van der Waals surface area contributed by atoms with E-state index in [1.807, 2.05) is 31.2 Å². The van der Waals surface area contributed by atoms with Gasteiger partial charge in [0.2, 0.25) is 5.91 Å². The van der Waals surface area contributed by atoms with Crippen LogP contribution in [0.2, 0.25) is 5.02 Å². The maximum atomic E-state index is 12.2. The molecule has 1 atom stereocenters. The summed E-state index contributed by atoms with van der Waals surface area (Å²) in [5, 5.41) is 3.20. The van der Waals surface area contributed by atoms with E-state index in [-0.39, 0.29) is 5.91 Å². The number of benzene rings is 2. The summed E-state index contributed by atoms with van der Waals surface area (Å²) >= 11 is 5.79. The number of rotatable bonds is 5. The summed E-state index contributed by atoms with van der Waals surface area (Å²) in [5.74, 6) is -0.921. The van der Waals surface area contributed by atoms with Gasteiger partial charge in [-0.15, -0.1) is 0 Å². The Morgan fingerprint density at radius 2 is 1.68 bits per heavy atom. The van der Waals surface area contributed by atoms with Crippen molar-refractivity contribution >= 4 is 23.4 Å². The molecular weight excluding hydrogens is 300 g/mol. The number of hydrogen-bond acceptors (Lipinski definition) is 2. The maximum absolute atomic E-state index is 12.2.